The Morgan fingerprint density at radius 3 is 1.53 bits per heavy atom. The van der Waals surface area contributed by atoms with E-state index < -0.39 is 45.8 Å². The van der Waals surface area contributed by atoms with Crippen molar-refractivity contribution in [1.82, 2.24) is 49.6 Å². The fourth-order valence-electron chi connectivity index (χ4n) is 5.08. The van der Waals surface area contributed by atoms with Crippen LogP contribution in [0.3, 0.4) is 0 Å². The zero-order chi connectivity index (χ0) is 36.3. The molecule has 6 aromatic rings. The van der Waals surface area contributed by atoms with Crippen molar-refractivity contribution in [2.24, 2.45) is 0 Å². The summed E-state index contributed by atoms with van der Waals surface area (Å²) < 4.78 is 2.02. The predicted molar refractivity (Wildman–Crippen MR) is 187 cm³/mol. The van der Waals surface area contributed by atoms with Crippen LogP contribution in [-0.4, -0.2) is 67.4 Å². The quantitative estimate of drug-likeness (QED) is 0.104. The zero-order valence-electron chi connectivity index (χ0n) is 26.8. The Labute approximate surface area is 296 Å². The third-order valence-electron chi connectivity index (χ3n) is 7.73. The van der Waals surface area contributed by atoms with Crippen molar-refractivity contribution in [3.8, 4) is 0 Å². The highest BCUT2D eigenvalue weighted by atomic mass is 35.5. The van der Waals surface area contributed by atoms with E-state index in [4.69, 9.17) is 23.2 Å². The van der Waals surface area contributed by atoms with Gasteiger partial charge >= 0.3 is 12.1 Å². The first-order valence-electron chi connectivity index (χ1n) is 15.4. The van der Waals surface area contributed by atoms with Gasteiger partial charge in [0.25, 0.3) is 34.6 Å². The van der Waals surface area contributed by atoms with Crippen LogP contribution in [0.1, 0.15) is 50.9 Å². The summed E-state index contributed by atoms with van der Waals surface area (Å²) in [6.45, 7) is 3.29. The molecule has 0 atom stereocenters. The van der Waals surface area contributed by atoms with Crippen molar-refractivity contribution in [3.05, 3.63) is 90.7 Å². The van der Waals surface area contributed by atoms with Gasteiger partial charge in [-0.05, 0) is 61.9 Å². The summed E-state index contributed by atoms with van der Waals surface area (Å²) in [5, 5.41) is 35.5. The van der Waals surface area contributed by atoms with E-state index >= 15 is 0 Å². The van der Waals surface area contributed by atoms with Gasteiger partial charge in [0.15, 0.2) is 5.78 Å². The summed E-state index contributed by atoms with van der Waals surface area (Å²) >= 11 is 11.8. The number of nitrogens with one attached hydrogen (secondary N) is 6. The lowest BCUT2D eigenvalue weighted by Gasteiger charge is -2.25. The van der Waals surface area contributed by atoms with E-state index in [1.165, 1.54) is 6.92 Å². The standard InChI is InChI=1S/C30H28Cl2N14O5/c1-3-4-5-6-19(47)30(2,20-22(48)35-24-39-41-26(45(24)43-20)37-28(50)33-17-11-7-15(31)8-12-17)21-23(49)36-25-40-42-27(46(25)44-21)38-29(51)34-18-13-9-16(32)10-14-18/h7-14H,3-6H2,1-2H3,(H,35,39,48)(H,36,40,49)(H2,33,37,41,50)(H2,34,38,42,51). The van der Waals surface area contributed by atoms with Gasteiger partial charge in [-0.15, -0.1) is 20.4 Å². The molecule has 0 aliphatic rings. The smallest absolute Gasteiger partial charge is 0.308 e. The molecule has 4 heterocycles. The van der Waals surface area contributed by atoms with Crippen LogP contribution in [0, 0.1) is 0 Å². The second-order valence-electron chi connectivity index (χ2n) is 11.3. The van der Waals surface area contributed by atoms with Crippen molar-refractivity contribution in [3.63, 3.8) is 0 Å². The number of H-pyrrole nitrogens is 2. The first-order valence-corrected chi connectivity index (χ1v) is 16.1. The van der Waals surface area contributed by atoms with Crippen molar-refractivity contribution in [2.45, 2.75) is 44.9 Å². The molecule has 4 aromatic heterocycles. The Balaban J connectivity index is 1.40. The third-order valence-corrected chi connectivity index (χ3v) is 8.23. The number of urea groups is 2. The summed E-state index contributed by atoms with van der Waals surface area (Å²) in [5.74, 6) is -1.33. The number of aromatic nitrogens is 10. The average Bonchev–Trinajstić information content (AvgIpc) is 3.67. The van der Waals surface area contributed by atoms with Gasteiger partial charge in [-0.1, -0.05) is 43.0 Å². The number of benzene rings is 2. The van der Waals surface area contributed by atoms with Crippen molar-refractivity contribution >= 4 is 75.9 Å². The molecule has 0 aliphatic heterocycles. The fourth-order valence-corrected chi connectivity index (χ4v) is 5.34. The maximum absolute atomic E-state index is 14.1. The number of aromatic amines is 2. The van der Waals surface area contributed by atoms with E-state index in [2.05, 4.69) is 61.8 Å². The van der Waals surface area contributed by atoms with Crippen molar-refractivity contribution < 1.29 is 14.4 Å². The highest BCUT2D eigenvalue weighted by Crippen LogP contribution is 2.29. The summed E-state index contributed by atoms with van der Waals surface area (Å²) in [6.07, 6.45) is 1.88. The Bertz CT molecular complexity index is 2230. The largest absolute Gasteiger partial charge is 0.326 e. The Morgan fingerprint density at radius 2 is 1.12 bits per heavy atom. The first-order chi connectivity index (χ1) is 24.5. The molecule has 0 bridgehead atoms. The van der Waals surface area contributed by atoms with E-state index in [0.29, 0.717) is 34.3 Å². The van der Waals surface area contributed by atoms with Crippen LogP contribution in [0.4, 0.5) is 32.9 Å². The number of Topliss-reactive ketones (excluding diaryl/α,β-unsaturated/α-hetero) is 1. The molecule has 21 heteroatoms. The average molecular weight is 736 g/mol. The Kier molecular flexibility index (Phi) is 9.74. The summed E-state index contributed by atoms with van der Waals surface area (Å²) in [7, 11) is 0. The monoisotopic (exact) mass is 734 g/mol. The van der Waals surface area contributed by atoms with E-state index in [1.807, 2.05) is 6.92 Å². The number of carbonyl (C=O) groups excluding carboxylic acids is 3. The highest BCUT2D eigenvalue weighted by Gasteiger charge is 2.45. The minimum Gasteiger partial charge on any atom is -0.308 e. The number of carbonyl (C=O) groups is 3. The van der Waals surface area contributed by atoms with Crippen LogP contribution in [0.2, 0.25) is 10.0 Å². The summed E-state index contributed by atoms with van der Waals surface area (Å²) in [6, 6.07) is 11.2. The maximum Gasteiger partial charge on any atom is 0.326 e. The zero-order valence-corrected chi connectivity index (χ0v) is 28.3. The van der Waals surface area contributed by atoms with Crippen molar-refractivity contribution in [2.75, 3.05) is 21.3 Å². The maximum atomic E-state index is 14.1. The van der Waals surface area contributed by atoms with E-state index in [-0.39, 0.29) is 29.9 Å². The molecule has 0 unspecified atom stereocenters. The molecule has 4 amide bonds. The number of ketones is 1. The van der Waals surface area contributed by atoms with Crippen LogP contribution in [0.15, 0.2) is 58.1 Å². The molecular formula is C30H28Cl2N14O5. The van der Waals surface area contributed by atoms with E-state index in [0.717, 1.165) is 15.5 Å². The number of nitrogens with zero attached hydrogens (tertiary/aromatic N) is 8. The van der Waals surface area contributed by atoms with Gasteiger partial charge in [-0.25, -0.2) is 9.59 Å². The minimum absolute atomic E-state index is 0.0454. The van der Waals surface area contributed by atoms with Crippen molar-refractivity contribution in [1.29, 1.82) is 0 Å². The SMILES string of the molecule is CCCCCC(=O)C(C)(c1nn2c(NC(=O)Nc3ccc(Cl)cc3)nnc2[nH]c1=O)c1nn2c(NC(=O)Nc3ccc(Cl)cc3)nnc2[nH]c1=O. The van der Waals surface area contributed by atoms with Gasteiger partial charge in [0.2, 0.25) is 0 Å². The molecule has 0 radical (unpaired) electrons. The number of amides is 4. The van der Waals surface area contributed by atoms with Gasteiger partial charge in [-0.2, -0.15) is 19.2 Å². The summed E-state index contributed by atoms with van der Waals surface area (Å²) in [4.78, 5) is 72.0. The lowest BCUT2D eigenvalue weighted by atomic mass is 9.77. The van der Waals surface area contributed by atoms with Crippen LogP contribution < -0.4 is 32.4 Å². The molecule has 0 aliphatic carbocycles. The number of hydrogen-bond donors (Lipinski definition) is 6. The molecular weight excluding hydrogens is 707 g/mol. The minimum atomic E-state index is -2.09. The topological polar surface area (TPSA) is 251 Å². The molecule has 262 valence electrons. The first kappa shape index (κ1) is 34.6. The number of halogens is 2. The van der Waals surface area contributed by atoms with Gasteiger partial charge in [0.05, 0.1) is 0 Å². The molecule has 0 fully saturated rings. The summed E-state index contributed by atoms with van der Waals surface area (Å²) in [5.41, 5.74) is -3.88. The molecule has 19 nitrogen and oxygen atoms in total. The molecule has 6 rings (SSSR count). The second kappa shape index (κ2) is 14.3. The van der Waals surface area contributed by atoms with Crippen LogP contribution in [0.5, 0.6) is 0 Å². The molecule has 0 spiro atoms. The van der Waals surface area contributed by atoms with Gasteiger partial charge < -0.3 is 10.6 Å². The van der Waals surface area contributed by atoms with Gasteiger partial charge in [0, 0.05) is 27.8 Å². The third kappa shape index (κ3) is 7.24. The van der Waals surface area contributed by atoms with Gasteiger partial charge in [-0.3, -0.25) is 35.0 Å². The number of hydrogen-bond acceptors (Lipinski definition) is 11. The predicted octanol–water partition coefficient (Wildman–Crippen LogP) is 3.99. The van der Waals surface area contributed by atoms with Crippen LogP contribution in [0.25, 0.3) is 11.6 Å². The second-order valence-corrected chi connectivity index (χ2v) is 12.2. The number of fused-ring (bicyclic) bond motifs is 2. The number of anilines is 4. The fraction of sp³-hybridized carbons (Fsp3) is 0.233. The number of unbranched alkanes of at least 4 members (excludes halogenated alkanes) is 2. The molecule has 6 N–H and O–H groups in total. The number of rotatable bonds is 11. The molecule has 51 heavy (non-hydrogen) atoms. The highest BCUT2D eigenvalue weighted by molar-refractivity contribution is 6.31. The van der Waals surface area contributed by atoms with E-state index in [1.54, 1.807) is 48.5 Å². The van der Waals surface area contributed by atoms with Crippen LogP contribution in [-0.2, 0) is 10.2 Å². The Morgan fingerprint density at radius 1 is 0.686 bits per heavy atom. The van der Waals surface area contributed by atoms with E-state index in [9.17, 15) is 24.0 Å². The Hall–Kier alpha value is -6.21. The lowest BCUT2D eigenvalue weighted by Crippen LogP contribution is -2.46. The molecule has 0 saturated carbocycles. The molecule has 0 saturated heterocycles. The molecule has 2 aromatic carbocycles. The lowest BCUT2D eigenvalue weighted by molar-refractivity contribution is -0.123. The van der Waals surface area contributed by atoms with Crippen LogP contribution >= 0.6 is 23.2 Å². The normalized spacial score (nSPS) is 11.5. The van der Waals surface area contributed by atoms with Gasteiger partial charge in [0.1, 0.15) is 16.8 Å².